The maximum absolute atomic E-state index is 5.43. The minimum atomic E-state index is 0.577. The van der Waals surface area contributed by atoms with E-state index in [1.54, 1.807) is 14.2 Å². The fourth-order valence-electron chi connectivity index (χ4n) is 3.50. The second-order valence-corrected chi connectivity index (χ2v) is 7.00. The van der Waals surface area contributed by atoms with Crippen molar-refractivity contribution in [2.24, 2.45) is 0 Å². The zero-order valence-corrected chi connectivity index (χ0v) is 17.5. The van der Waals surface area contributed by atoms with Crippen LogP contribution in [-0.2, 0) is 0 Å². The second-order valence-electron chi connectivity index (χ2n) is 7.00. The quantitative estimate of drug-likeness (QED) is 0.413. The summed E-state index contributed by atoms with van der Waals surface area (Å²) in [5.41, 5.74) is 3.40. The Labute approximate surface area is 184 Å². The van der Waals surface area contributed by atoms with E-state index in [0.29, 0.717) is 23.3 Å². The number of nitrogens with zero attached hydrogens (tertiary/aromatic N) is 4. The Kier molecular flexibility index (Phi) is 5.09. The van der Waals surface area contributed by atoms with E-state index in [2.05, 4.69) is 30.4 Å². The molecule has 0 atom stereocenters. The summed E-state index contributed by atoms with van der Waals surface area (Å²) in [5, 5.41) is 14.8. The first kappa shape index (κ1) is 19.5. The molecule has 0 bridgehead atoms. The molecule has 0 unspecified atom stereocenters. The van der Waals surface area contributed by atoms with Gasteiger partial charge in [0.15, 0.2) is 23.3 Å². The lowest BCUT2D eigenvalue weighted by Gasteiger charge is -2.04. The van der Waals surface area contributed by atoms with Crippen molar-refractivity contribution in [2.45, 2.75) is 0 Å². The summed E-state index contributed by atoms with van der Waals surface area (Å²) in [6.07, 6.45) is 0. The van der Waals surface area contributed by atoms with Crippen LogP contribution in [0.25, 0.3) is 45.6 Å². The van der Waals surface area contributed by atoms with Crippen LogP contribution in [0.2, 0.25) is 0 Å². The van der Waals surface area contributed by atoms with Crippen molar-refractivity contribution in [3.63, 3.8) is 0 Å². The van der Waals surface area contributed by atoms with Gasteiger partial charge in [-0.05, 0) is 30.3 Å². The van der Waals surface area contributed by atoms with E-state index < -0.39 is 0 Å². The molecule has 8 heteroatoms. The number of ether oxygens (including phenoxy) is 2. The van der Waals surface area contributed by atoms with Crippen LogP contribution in [-0.4, -0.2) is 44.6 Å². The van der Waals surface area contributed by atoms with Crippen LogP contribution in [0.4, 0.5) is 0 Å². The van der Waals surface area contributed by atoms with Crippen LogP contribution < -0.4 is 9.47 Å². The highest BCUT2D eigenvalue weighted by atomic mass is 16.5. The Morgan fingerprint density at radius 3 is 1.53 bits per heavy atom. The van der Waals surface area contributed by atoms with Crippen molar-refractivity contribution in [3.8, 4) is 57.1 Å². The smallest absolute Gasteiger partial charge is 0.181 e. The van der Waals surface area contributed by atoms with E-state index in [1.165, 1.54) is 0 Å². The summed E-state index contributed by atoms with van der Waals surface area (Å²) < 4.78 is 10.9. The third kappa shape index (κ3) is 3.58. The number of para-hydroxylation sites is 2. The van der Waals surface area contributed by atoms with Gasteiger partial charge in [-0.2, -0.15) is 10.2 Å². The van der Waals surface area contributed by atoms with Gasteiger partial charge in [-0.25, -0.2) is 9.97 Å². The van der Waals surface area contributed by atoms with Crippen LogP contribution in [0.3, 0.4) is 0 Å². The minimum Gasteiger partial charge on any atom is -0.496 e. The summed E-state index contributed by atoms with van der Waals surface area (Å²) >= 11 is 0. The first-order chi connectivity index (χ1) is 15.8. The number of benzene rings is 3. The van der Waals surface area contributed by atoms with Crippen molar-refractivity contribution in [3.05, 3.63) is 72.8 Å². The van der Waals surface area contributed by atoms with Crippen molar-refractivity contribution in [1.82, 2.24) is 30.4 Å². The SMILES string of the molecule is COc1ccccc1-c1nc(-c2cccc(-c3n[nH]c(-c4ccccc4OC)n3)c2)n[nH]1. The number of aromatic nitrogens is 6. The maximum atomic E-state index is 5.43. The molecular weight excluding hydrogens is 404 g/mol. The lowest BCUT2D eigenvalue weighted by molar-refractivity contribution is 0.416. The van der Waals surface area contributed by atoms with Crippen LogP contribution >= 0.6 is 0 Å². The standard InChI is InChI=1S/C24H20N6O2/c1-31-19-12-5-3-10-17(19)23-25-21(27-29-23)15-8-7-9-16(14-15)22-26-24(30-28-22)18-11-4-6-13-20(18)32-2/h3-14H,1-2H3,(H,25,27,29)(H,26,28,30). The topological polar surface area (TPSA) is 102 Å². The third-order valence-corrected chi connectivity index (χ3v) is 5.07. The highest BCUT2D eigenvalue weighted by molar-refractivity contribution is 5.71. The molecule has 2 N–H and O–H groups in total. The molecule has 5 aromatic rings. The Morgan fingerprint density at radius 2 is 1.06 bits per heavy atom. The van der Waals surface area contributed by atoms with Gasteiger partial charge in [0.05, 0.1) is 25.3 Å². The lowest BCUT2D eigenvalue weighted by Crippen LogP contribution is -1.89. The summed E-state index contributed by atoms with van der Waals surface area (Å²) in [6.45, 7) is 0. The van der Waals surface area contributed by atoms with Crippen molar-refractivity contribution < 1.29 is 9.47 Å². The van der Waals surface area contributed by atoms with Gasteiger partial charge in [0.25, 0.3) is 0 Å². The molecule has 32 heavy (non-hydrogen) atoms. The predicted molar refractivity (Wildman–Crippen MR) is 121 cm³/mol. The number of hydrogen-bond donors (Lipinski definition) is 2. The molecule has 3 aromatic carbocycles. The molecule has 0 aliphatic heterocycles. The molecule has 0 fully saturated rings. The van der Waals surface area contributed by atoms with E-state index in [9.17, 15) is 0 Å². The number of H-pyrrole nitrogens is 2. The first-order valence-electron chi connectivity index (χ1n) is 9.99. The van der Waals surface area contributed by atoms with Gasteiger partial charge in [0.1, 0.15) is 11.5 Å². The van der Waals surface area contributed by atoms with Gasteiger partial charge in [0.2, 0.25) is 0 Å². The third-order valence-electron chi connectivity index (χ3n) is 5.07. The van der Waals surface area contributed by atoms with Gasteiger partial charge < -0.3 is 9.47 Å². The van der Waals surface area contributed by atoms with Crippen molar-refractivity contribution in [2.75, 3.05) is 14.2 Å². The van der Waals surface area contributed by atoms with Gasteiger partial charge in [0, 0.05) is 11.1 Å². The van der Waals surface area contributed by atoms with Crippen LogP contribution in [0.1, 0.15) is 0 Å². The number of rotatable bonds is 6. The van der Waals surface area contributed by atoms with Crippen molar-refractivity contribution in [1.29, 1.82) is 0 Å². The number of hydrogen-bond acceptors (Lipinski definition) is 6. The van der Waals surface area contributed by atoms with E-state index in [0.717, 1.165) is 33.8 Å². The summed E-state index contributed by atoms with van der Waals surface area (Å²) in [6, 6.07) is 23.2. The zero-order chi connectivity index (χ0) is 21.9. The van der Waals surface area contributed by atoms with Gasteiger partial charge >= 0.3 is 0 Å². The summed E-state index contributed by atoms with van der Waals surface area (Å²) in [5.74, 6) is 3.89. The molecule has 0 aliphatic rings. The van der Waals surface area contributed by atoms with E-state index in [4.69, 9.17) is 9.47 Å². The molecule has 0 aliphatic carbocycles. The maximum Gasteiger partial charge on any atom is 0.181 e. The molecule has 2 aromatic heterocycles. The highest BCUT2D eigenvalue weighted by Gasteiger charge is 2.15. The average Bonchev–Trinajstić information content (AvgIpc) is 3.54. The van der Waals surface area contributed by atoms with Crippen LogP contribution in [0.5, 0.6) is 11.5 Å². The largest absolute Gasteiger partial charge is 0.496 e. The second kappa shape index (κ2) is 8.35. The summed E-state index contributed by atoms with van der Waals surface area (Å²) in [7, 11) is 3.27. The molecule has 158 valence electrons. The van der Waals surface area contributed by atoms with Crippen molar-refractivity contribution >= 4 is 0 Å². The van der Waals surface area contributed by atoms with E-state index in [-0.39, 0.29) is 0 Å². The Balaban J connectivity index is 1.47. The highest BCUT2D eigenvalue weighted by Crippen LogP contribution is 2.31. The van der Waals surface area contributed by atoms with E-state index >= 15 is 0 Å². The molecule has 0 spiro atoms. The average molecular weight is 424 g/mol. The predicted octanol–water partition coefficient (Wildman–Crippen LogP) is 4.61. The normalized spacial score (nSPS) is 10.8. The monoisotopic (exact) mass is 424 g/mol. The molecule has 5 rings (SSSR count). The first-order valence-corrected chi connectivity index (χ1v) is 9.99. The van der Waals surface area contributed by atoms with Gasteiger partial charge in [-0.15, -0.1) is 0 Å². The molecule has 0 saturated carbocycles. The fraction of sp³-hybridized carbons (Fsp3) is 0.0833. The number of aromatic amines is 2. The van der Waals surface area contributed by atoms with E-state index in [1.807, 2.05) is 72.8 Å². The number of methoxy groups -OCH3 is 2. The van der Waals surface area contributed by atoms with Crippen LogP contribution in [0.15, 0.2) is 72.8 Å². The Hall–Kier alpha value is -4.46. The molecule has 2 heterocycles. The number of nitrogens with one attached hydrogen (secondary N) is 2. The Bertz CT molecular complexity index is 1270. The fourth-order valence-corrected chi connectivity index (χ4v) is 3.50. The Morgan fingerprint density at radius 1 is 0.594 bits per heavy atom. The lowest BCUT2D eigenvalue weighted by atomic mass is 10.1. The molecule has 0 saturated heterocycles. The van der Waals surface area contributed by atoms with Crippen LogP contribution in [0, 0.1) is 0 Å². The summed E-state index contributed by atoms with van der Waals surface area (Å²) in [4.78, 5) is 9.32. The van der Waals surface area contributed by atoms with Gasteiger partial charge in [-0.3, -0.25) is 10.2 Å². The molecule has 0 radical (unpaired) electrons. The molecular formula is C24H20N6O2. The molecule has 8 nitrogen and oxygen atoms in total. The molecule has 0 amide bonds. The minimum absolute atomic E-state index is 0.577. The van der Waals surface area contributed by atoms with Gasteiger partial charge in [-0.1, -0.05) is 42.5 Å². The zero-order valence-electron chi connectivity index (χ0n) is 17.5.